The van der Waals surface area contributed by atoms with E-state index >= 15 is 0 Å². The minimum Gasteiger partial charge on any atom is -0.469 e. The SMILES string of the molecule is Nc1cc(=O)[nH]c(=O)n1CCc1ccco1. The zero-order valence-electron chi connectivity index (χ0n) is 8.47. The number of nitrogen functional groups attached to an aromatic ring is 1. The van der Waals surface area contributed by atoms with Crippen LogP contribution in [0.1, 0.15) is 5.76 Å². The quantitative estimate of drug-likeness (QED) is 0.760. The summed E-state index contributed by atoms with van der Waals surface area (Å²) >= 11 is 0. The van der Waals surface area contributed by atoms with Crippen LogP contribution in [-0.4, -0.2) is 9.55 Å². The summed E-state index contributed by atoms with van der Waals surface area (Å²) in [6.45, 7) is 0.370. The van der Waals surface area contributed by atoms with E-state index < -0.39 is 11.2 Å². The molecule has 2 heterocycles. The monoisotopic (exact) mass is 221 g/mol. The molecule has 0 bridgehead atoms. The second-order valence-electron chi connectivity index (χ2n) is 3.34. The summed E-state index contributed by atoms with van der Waals surface area (Å²) in [6.07, 6.45) is 2.11. The van der Waals surface area contributed by atoms with E-state index in [1.807, 2.05) is 6.07 Å². The van der Waals surface area contributed by atoms with Gasteiger partial charge in [0.15, 0.2) is 0 Å². The fourth-order valence-electron chi connectivity index (χ4n) is 1.45. The number of nitrogens with two attached hydrogens (primary N) is 1. The standard InChI is InChI=1S/C10H11N3O3/c11-8-6-9(14)12-10(15)13(8)4-3-7-2-1-5-16-7/h1-2,5-6H,3-4,11H2,(H,12,14,15). The molecule has 0 spiro atoms. The Bertz CT molecular complexity index is 580. The Hall–Kier alpha value is -2.24. The van der Waals surface area contributed by atoms with Gasteiger partial charge in [-0.2, -0.15) is 0 Å². The molecule has 0 saturated carbocycles. The molecule has 0 aliphatic heterocycles. The molecule has 0 unspecified atom stereocenters. The Morgan fingerprint density at radius 1 is 1.44 bits per heavy atom. The molecule has 0 saturated heterocycles. The number of rotatable bonds is 3. The number of hydrogen-bond donors (Lipinski definition) is 2. The van der Waals surface area contributed by atoms with Crippen molar-refractivity contribution in [3.05, 3.63) is 51.1 Å². The van der Waals surface area contributed by atoms with Crippen LogP contribution >= 0.6 is 0 Å². The van der Waals surface area contributed by atoms with Crippen LogP contribution < -0.4 is 17.0 Å². The third-order valence-corrected chi connectivity index (χ3v) is 2.23. The molecule has 2 aromatic heterocycles. The van der Waals surface area contributed by atoms with E-state index in [1.165, 1.54) is 10.6 Å². The van der Waals surface area contributed by atoms with Crippen LogP contribution in [0.2, 0.25) is 0 Å². The predicted octanol–water partition coefficient (Wildman–Crippen LogP) is -0.0455. The van der Waals surface area contributed by atoms with Crippen molar-refractivity contribution in [2.24, 2.45) is 0 Å². The molecule has 2 rings (SSSR count). The highest BCUT2D eigenvalue weighted by Crippen LogP contribution is 2.03. The number of nitrogens with one attached hydrogen (secondary N) is 1. The van der Waals surface area contributed by atoms with Gasteiger partial charge in [-0.25, -0.2) is 4.79 Å². The first-order valence-corrected chi connectivity index (χ1v) is 4.79. The van der Waals surface area contributed by atoms with Crippen LogP contribution in [0.5, 0.6) is 0 Å². The lowest BCUT2D eigenvalue weighted by molar-refractivity contribution is 0.488. The lowest BCUT2D eigenvalue weighted by atomic mass is 10.3. The number of aryl methyl sites for hydroxylation is 1. The van der Waals surface area contributed by atoms with Crippen molar-refractivity contribution in [1.29, 1.82) is 0 Å². The van der Waals surface area contributed by atoms with E-state index in [9.17, 15) is 9.59 Å². The predicted molar refractivity (Wildman–Crippen MR) is 58.1 cm³/mol. The first-order valence-electron chi connectivity index (χ1n) is 4.79. The van der Waals surface area contributed by atoms with Gasteiger partial charge in [0.05, 0.1) is 6.26 Å². The third-order valence-electron chi connectivity index (χ3n) is 2.23. The Balaban J connectivity index is 2.22. The van der Waals surface area contributed by atoms with Crippen LogP contribution in [0, 0.1) is 0 Å². The lowest BCUT2D eigenvalue weighted by Crippen LogP contribution is -2.31. The summed E-state index contributed by atoms with van der Waals surface area (Å²) in [5.74, 6) is 0.915. The lowest BCUT2D eigenvalue weighted by Gasteiger charge is -2.06. The molecule has 0 radical (unpaired) electrons. The number of aromatic nitrogens is 2. The molecule has 0 aliphatic carbocycles. The Morgan fingerprint density at radius 3 is 2.88 bits per heavy atom. The van der Waals surface area contributed by atoms with E-state index in [4.69, 9.17) is 10.2 Å². The number of hydrogen-bond acceptors (Lipinski definition) is 4. The first kappa shape index (κ1) is 10.3. The molecular weight excluding hydrogens is 210 g/mol. The number of H-pyrrole nitrogens is 1. The second-order valence-corrected chi connectivity index (χ2v) is 3.34. The van der Waals surface area contributed by atoms with Gasteiger partial charge in [-0.3, -0.25) is 14.3 Å². The summed E-state index contributed by atoms with van der Waals surface area (Å²) in [7, 11) is 0. The van der Waals surface area contributed by atoms with Gasteiger partial charge in [0.1, 0.15) is 11.6 Å². The fraction of sp³-hybridized carbons (Fsp3) is 0.200. The first-order chi connectivity index (χ1) is 7.66. The molecule has 3 N–H and O–H groups in total. The Labute approximate surface area is 90.3 Å². The van der Waals surface area contributed by atoms with Crippen LogP contribution in [-0.2, 0) is 13.0 Å². The van der Waals surface area contributed by atoms with Gasteiger partial charge in [-0.15, -0.1) is 0 Å². The Morgan fingerprint density at radius 2 is 2.25 bits per heavy atom. The van der Waals surface area contributed by atoms with Crippen LogP contribution in [0.3, 0.4) is 0 Å². The molecule has 84 valence electrons. The van der Waals surface area contributed by atoms with E-state index in [0.29, 0.717) is 13.0 Å². The van der Waals surface area contributed by atoms with Crippen molar-refractivity contribution in [1.82, 2.24) is 9.55 Å². The summed E-state index contributed by atoms with van der Waals surface area (Å²) in [5.41, 5.74) is 4.58. The maximum Gasteiger partial charge on any atom is 0.329 e. The van der Waals surface area contributed by atoms with Crippen LogP contribution in [0.15, 0.2) is 38.5 Å². The van der Waals surface area contributed by atoms with Crippen molar-refractivity contribution in [3.63, 3.8) is 0 Å². The zero-order chi connectivity index (χ0) is 11.5. The molecule has 0 amide bonds. The maximum absolute atomic E-state index is 11.4. The normalized spacial score (nSPS) is 10.5. The zero-order valence-corrected chi connectivity index (χ0v) is 8.47. The molecule has 6 heteroatoms. The smallest absolute Gasteiger partial charge is 0.329 e. The molecular formula is C10H11N3O3. The summed E-state index contributed by atoms with van der Waals surface area (Å²) in [5, 5.41) is 0. The second kappa shape index (κ2) is 4.09. The minimum absolute atomic E-state index is 0.153. The molecule has 6 nitrogen and oxygen atoms in total. The molecule has 0 atom stereocenters. The minimum atomic E-state index is -0.503. The summed E-state index contributed by atoms with van der Waals surface area (Å²) < 4.78 is 6.43. The average molecular weight is 221 g/mol. The molecule has 0 aromatic carbocycles. The van der Waals surface area contributed by atoms with Gasteiger partial charge >= 0.3 is 5.69 Å². The van der Waals surface area contributed by atoms with E-state index in [1.54, 1.807) is 12.3 Å². The number of furan rings is 1. The van der Waals surface area contributed by atoms with Gasteiger partial charge in [0.2, 0.25) is 0 Å². The highest BCUT2D eigenvalue weighted by atomic mass is 16.3. The van der Waals surface area contributed by atoms with Crippen molar-refractivity contribution in [3.8, 4) is 0 Å². The highest BCUT2D eigenvalue weighted by Gasteiger charge is 2.03. The van der Waals surface area contributed by atoms with Gasteiger partial charge in [-0.05, 0) is 12.1 Å². The molecule has 2 aromatic rings. The van der Waals surface area contributed by atoms with Crippen molar-refractivity contribution in [2.75, 3.05) is 5.73 Å². The number of aromatic amines is 1. The van der Waals surface area contributed by atoms with Gasteiger partial charge in [0, 0.05) is 19.0 Å². The fourth-order valence-corrected chi connectivity index (χ4v) is 1.45. The van der Waals surface area contributed by atoms with E-state index in [2.05, 4.69) is 4.98 Å². The van der Waals surface area contributed by atoms with E-state index in [0.717, 1.165) is 5.76 Å². The van der Waals surface area contributed by atoms with Crippen LogP contribution in [0.25, 0.3) is 0 Å². The Kier molecular flexibility index (Phi) is 2.63. The van der Waals surface area contributed by atoms with Gasteiger partial charge in [0.25, 0.3) is 5.56 Å². The third kappa shape index (κ3) is 2.05. The molecule has 0 fully saturated rings. The molecule has 16 heavy (non-hydrogen) atoms. The maximum atomic E-state index is 11.4. The van der Waals surface area contributed by atoms with Crippen molar-refractivity contribution >= 4 is 5.82 Å². The summed E-state index contributed by atoms with van der Waals surface area (Å²) in [4.78, 5) is 24.5. The van der Waals surface area contributed by atoms with Gasteiger partial charge in [-0.1, -0.05) is 0 Å². The van der Waals surface area contributed by atoms with Crippen LogP contribution in [0.4, 0.5) is 5.82 Å². The van der Waals surface area contributed by atoms with E-state index in [-0.39, 0.29) is 5.82 Å². The number of nitrogens with zero attached hydrogens (tertiary/aromatic N) is 1. The number of anilines is 1. The topological polar surface area (TPSA) is 94.0 Å². The van der Waals surface area contributed by atoms with Gasteiger partial charge < -0.3 is 10.2 Å². The largest absolute Gasteiger partial charge is 0.469 e. The average Bonchev–Trinajstić information content (AvgIpc) is 2.68. The van der Waals surface area contributed by atoms with Crippen molar-refractivity contribution < 1.29 is 4.42 Å². The highest BCUT2D eigenvalue weighted by molar-refractivity contribution is 5.26. The summed E-state index contributed by atoms with van der Waals surface area (Å²) in [6, 6.07) is 4.77. The van der Waals surface area contributed by atoms with Crippen molar-refractivity contribution in [2.45, 2.75) is 13.0 Å². The molecule has 0 aliphatic rings.